The van der Waals surface area contributed by atoms with Crippen molar-refractivity contribution in [3.05, 3.63) is 35.9 Å². The van der Waals surface area contributed by atoms with Gasteiger partial charge in [-0.25, -0.2) is 0 Å². The number of aliphatic carboxylic acids is 1. The molecule has 0 aliphatic heterocycles. The minimum atomic E-state index is -1.23. The number of hydrogen-bond donors (Lipinski definition) is 1. The summed E-state index contributed by atoms with van der Waals surface area (Å²) in [7, 11) is 0. The first-order chi connectivity index (χ1) is 14.1. The van der Waals surface area contributed by atoms with Crippen LogP contribution in [0.5, 0.6) is 0 Å². The van der Waals surface area contributed by atoms with Crippen LogP contribution in [0.4, 0.5) is 0 Å². The summed E-state index contributed by atoms with van der Waals surface area (Å²) in [6.45, 7) is 2.25. The molecule has 0 saturated heterocycles. The molecule has 0 radical (unpaired) electrons. The van der Waals surface area contributed by atoms with Gasteiger partial charge in [-0.15, -0.1) is 0 Å². The van der Waals surface area contributed by atoms with E-state index in [0.29, 0.717) is 6.42 Å². The Morgan fingerprint density at radius 2 is 1.28 bits per heavy atom. The average Bonchev–Trinajstić information content (AvgIpc) is 2.71. The molecule has 0 aromatic heterocycles. The highest BCUT2D eigenvalue weighted by atomic mass is 16.4. The Bertz CT molecular complexity index is 544. The van der Waals surface area contributed by atoms with Gasteiger partial charge < -0.3 is 15.2 Å². The summed E-state index contributed by atoms with van der Waals surface area (Å²) in [5.74, 6) is -1.43. The van der Waals surface area contributed by atoms with Crippen molar-refractivity contribution in [2.24, 2.45) is 0 Å². The molecule has 0 fully saturated rings. The van der Waals surface area contributed by atoms with Crippen molar-refractivity contribution in [3.63, 3.8) is 0 Å². The average molecular weight is 403 g/mol. The smallest absolute Gasteiger partial charge is 0.220 e. The predicted octanol–water partition coefficient (Wildman–Crippen LogP) is 4.95. The number of nitrogens with one attached hydrogen (secondary N) is 1. The molecule has 164 valence electrons. The maximum absolute atomic E-state index is 12.0. The molecular weight excluding hydrogens is 362 g/mol. The Kier molecular flexibility index (Phi) is 14.8. The number of carbonyl (C=O) groups is 2. The van der Waals surface area contributed by atoms with Gasteiger partial charge in [0.05, 0.1) is 12.0 Å². The fraction of sp³-hybridized carbons (Fsp3) is 0.680. The van der Waals surface area contributed by atoms with Gasteiger partial charge in [0.25, 0.3) is 0 Å². The van der Waals surface area contributed by atoms with Crippen molar-refractivity contribution >= 4 is 11.9 Å². The van der Waals surface area contributed by atoms with Crippen molar-refractivity contribution in [1.82, 2.24) is 5.32 Å². The fourth-order valence-corrected chi connectivity index (χ4v) is 3.61. The van der Waals surface area contributed by atoms with Gasteiger partial charge in [-0.1, -0.05) is 114 Å². The van der Waals surface area contributed by atoms with Gasteiger partial charge in [0.1, 0.15) is 0 Å². The molecule has 4 heteroatoms. The Morgan fingerprint density at radius 1 is 0.793 bits per heavy atom. The summed E-state index contributed by atoms with van der Waals surface area (Å²) >= 11 is 0. The Balaban J connectivity index is 2.00. The molecule has 1 aromatic rings. The third kappa shape index (κ3) is 13.9. The molecule has 29 heavy (non-hydrogen) atoms. The molecule has 0 unspecified atom stereocenters. The summed E-state index contributed by atoms with van der Waals surface area (Å²) in [5.41, 5.74) is 0.878. The summed E-state index contributed by atoms with van der Waals surface area (Å²) < 4.78 is 0. The third-order valence-corrected chi connectivity index (χ3v) is 5.41. The van der Waals surface area contributed by atoms with Gasteiger partial charge in [-0.3, -0.25) is 4.79 Å². The fourth-order valence-electron chi connectivity index (χ4n) is 3.61. The molecule has 1 N–H and O–H groups in total. The van der Waals surface area contributed by atoms with E-state index in [1.165, 1.54) is 64.2 Å². The van der Waals surface area contributed by atoms with Crippen LogP contribution in [0.3, 0.4) is 0 Å². The van der Waals surface area contributed by atoms with Gasteiger partial charge >= 0.3 is 0 Å². The number of rotatable bonds is 18. The zero-order chi connectivity index (χ0) is 21.2. The van der Waals surface area contributed by atoms with E-state index in [1.807, 2.05) is 30.3 Å². The Hall–Kier alpha value is -1.84. The second-order valence-corrected chi connectivity index (χ2v) is 8.12. The van der Waals surface area contributed by atoms with Crippen molar-refractivity contribution < 1.29 is 14.7 Å². The minimum absolute atomic E-state index is 0.196. The number of carboxylic acids is 1. The monoisotopic (exact) mass is 402 g/mol. The molecule has 4 nitrogen and oxygen atoms in total. The van der Waals surface area contributed by atoms with E-state index >= 15 is 0 Å². The largest absolute Gasteiger partial charge is 0.548 e. The molecule has 1 rings (SSSR count). The lowest BCUT2D eigenvalue weighted by atomic mass is 10.0. The van der Waals surface area contributed by atoms with Crippen LogP contribution in [0.15, 0.2) is 30.3 Å². The number of amides is 1. The van der Waals surface area contributed by atoms with E-state index in [2.05, 4.69) is 12.2 Å². The molecule has 1 atom stereocenters. The first-order valence-electron chi connectivity index (χ1n) is 11.7. The van der Waals surface area contributed by atoms with Crippen LogP contribution in [-0.4, -0.2) is 17.9 Å². The molecule has 1 aromatic carbocycles. The second kappa shape index (κ2) is 17.1. The van der Waals surface area contributed by atoms with Crippen LogP contribution >= 0.6 is 0 Å². The molecule has 0 saturated carbocycles. The highest BCUT2D eigenvalue weighted by molar-refractivity contribution is 5.82. The van der Waals surface area contributed by atoms with Crippen molar-refractivity contribution in [2.75, 3.05) is 0 Å². The molecule has 0 heterocycles. The predicted molar refractivity (Wildman–Crippen MR) is 117 cm³/mol. The van der Waals surface area contributed by atoms with Crippen LogP contribution in [0, 0.1) is 0 Å². The van der Waals surface area contributed by atoms with E-state index in [0.717, 1.165) is 24.8 Å². The Morgan fingerprint density at radius 3 is 1.76 bits per heavy atom. The summed E-state index contributed by atoms with van der Waals surface area (Å²) in [5, 5.41) is 13.9. The zero-order valence-electron chi connectivity index (χ0n) is 18.3. The topological polar surface area (TPSA) is 69.2 Å². The highest BCUT2D eigenvalue weighted by Crippen LogP contribution is 2.13. The maximum atomic E-state index is 12.0. The quantitative estimate of drug-likeness (QED) is 0.353. The first kappa shape index (κ1) is 25.2. The summed E-state index contributed by atoms with van der Waals surface area (Å²) in [4.78, 5) is 23.3. The molecular formula is C25H40NO3-. The summed E-state index contributed by atoms with van der Waals surface area (Å²) in [6.07, 6.45) is 17.0. The molecule has 0 bridgehead atoms. The van der Waals surface area contributed by atoms with Crippen molar-refractivity contribution in [2.45, 2.75) is 109 Å². The van der Waals surface area contributed by atoms with Gasteiger partial charge in [0, 0.05) is 6.42 Å². The number of unbranched alkanes of at least 4 members (excludes halogenated alkanes) is 12. The van der Waals surface area contributed by atoms with Crippen molar-refractivity contribution in [3.8, 4) is 0 Å². The normalized spacial score (nSPS) is 11.9. The summed E-state index contributed by atoms with van der Waals surface area (Å²) in [6, 6.07) is 8.34. The lowest BCUT2D eigenvalue weighted by Gasteiger charge is -2.20. The van der Waals surface area contributed by atoms with Gasteiger partial charge in [0.15, 0.2) is 0 Å². The van der Waals surface area contributed by atoms with Gasteiger partial charge in [-0.05, 0) is 18.4 Å². The van der Waals surface area contributed by atoms with Gasteiger partial charge in [-0.2, -0.15) is 0 Å². The SMILES string of the molecule is CCCCCCCCCCCCCCCC(=O)N[C@@H](Cc1ccccc1)C(=O)[O-]. The molecule has 0 aliphatic carbocycles. The van der Waals surface area contributed by atoms with Crippen LogP contribution in [0.25, 0.3) is 0 Å². The molecule has 1 amide bonds. The third-order valence-electron chi connectivity index (χ3n) is 5.41. The van der Waals surface area contributed by atoms with E-state index < -0.39 is 12.0 Å². The van der Waals surface area contributed by atoms with E-state index in [-0.39, 0.29) is 12.3 Å². The van der Waals surface area contributed by atoms with Crippen LogP contribution in [-0.2, 0) is 16.0 Å². The minimum Gasteiger partial charge on any atom is -0.548 e. The lowest BCUT2D eigenvalue weighted by molar-refractivity contribution is -0.308. The zero-order valence-corrected chi connectivity index (χ0v) is 18.3. The molecule has 0 aliphatic rings. The van der Waals surface area contributed by atoms with Crippen LogP contribution in [0.2, 0.25) is 0 Å². The molecule has 0 spiro atoms. The van der Waals surface area contributed by atoms with Crippen LogP contribution in [0.1, 0.15) is 102 Å². The highest BCUT2D eigenvalue weighted by Gasteiger charge is 2.13. The number of hydrogen-bond acceptors (Lipinski definition) is 3. The Labute approximate surface area is 177 Å². The van der Waals surface area contributed by atoms with Gasteiger partial charge in [0.2, 0.25) is 5.91 Å². The number of carbonyl (C=O) groups excluding carboxylic acids is 2. The van der Waals surface area contributed by atoms with Crippen LogP contribution < -0.4 is 10.4 Å². The van der Waals surface area contributed by atoms with E-state index in [1.54, 1.807) is 0 Å². The standard InChI is InChI=1S/C25H41NO3/c1-2-3-4-5-6-7-8-9-10-11-12-13-17-20-24(27)26-23(25(28)29)21-22-18-15-14-16-19-22/h14-16,18-19,23H,2-13,17,20-21H2,1H3,(H,26,27)(H,28,29)/p-1/t23-/m0/s1. The van der Waals surface area contributed by atoms with E-state index in [4.69, 9.17) is 0 Å². The number of benzene rings is 1. The van der Waals surface area contributed by atoms with Crippen molar-refractivity contribution in [1.29, 1.82) is 0 Å². The lowest BCUT2D eigenvalue weighted by Crippen LogP contribution is -2.49. The second-order valence-electron chi connectivity index (χ2n) is 8.12. The number of carboxylic acid groups (broad SMARTS) is 1. The van der Waals surface area contributed by atoms with E-state index in [9.17, 15) is 14.7 Å². The first-order valence-corrected chi connectivity index (χ1v) is 11.7. The maximum Gasteiger partial charge on any atom is 0.220 e.